The van der Waals surface area contributed by atoms with Crippen molar-refractivity contribution in [2.75, 3.05) is 6.54 Å². The zero-order valence-electron chi connectivity index (χ0n) is 10.1. The van der Waals surface area contributed by atoms with Crippen LogP contribution in [0.1, 0.15) is 56.6 Å². The summed E-state index contributed by atoms with van der Waals surface area (Å²) < 4.78 is 0. The minimum absolute atomic E-state index is 0.582. The Hall–Kier alpha value is -0.900. The third-order valence-electron chi connectivity index (χ3n) is 3.55. The maximum Gasteiger partial charge on any atom is 0.153 e. The topological polar surface area (TPSA) is 67.6 Å². The van der Waals surface area contributed by atoms with Crippen molar-refractivity contribution < 1.29 is 0 Å². The molecule has 0 unspecified atom stereocenters. The lowest BCUT2D eigenvalue weighted by molar-refractivity contribution is 0.340. The fourth-order valence-electron chi connectivity index (χ4n) is 2.39. The predicted molar refractivity (Wildman–Crippen MR) is 64.1 cm³/mol. The van der Waals surface area contributed by atoms with E-state index in [4.69, 9.17) is 5.73 Å². The molecule has 90 valence electrons. The fraction of sp³-hybridized carbons (Fsp3) is 0.833. The monoisotopic (exact) mass is 222 g/mol. The van der Waals surface area contributed by atoms with Crippen LogP contribution in [0.25, 0.3) is 0 Å². The van der Waals surface area contributed by atoms with E-state index in [1.807, 2.05) is 0 Å². The second kappa shape index (κ2) is 5.43. The molecule has 0 atom stereocenters. The van der Waals surface area contributed by atoms with Crippen molar-refractivity contribution in [3.63, 3.8) is 0 Å². The van der Waals surface area contributed by atoms with Gasteiger partial charge in [0, 0.05) is 12.3 Å². The molecule has 1 aliphatic carbocycles. The highest BCUT2D eigenvalue weighted by molar-refractivity contribution is 4.99. The van der Waals surface area contributed by atoms with E-state index in [1.165, 1.54) is 25.7 Å². The van der Waals surface area contributed by atoms with E-state index in [1.54, 1.807) is 0 Å². The van der Waals surface area contributed by atoms with Gasteiger partial charge in [0.2, 0.25) is 0 Å². The minimum Gasteiger partial charge on any atom is -0.330 e. The van der Waals surface area contributed by atoms with E-state index in [0.717, 1.165) is 37.0 Å². The van der Waals surface area contributed by atoms with Crippen molar-refractivity contribution in [3.8, 4) is 0 Å². The van der Waals surface area contributed by atoms with E-state index < -0.39 is 0 Å². The molecular formula is C12H22N4. The number of rotatable bonds is 4. The molecule has 4 nitrogen and oxygen atoms in total. The number of aryl methyl sites for hydroxylation is 1. The Morgan fingerprint density at radius 3 is 2.75 bits per heavy atom. The second-order valence-electron chi connectivity index (χ2n) is 4.99. The van der Waals surface area contributed by atoms with Crippen LogP contribution in [0.4, 0.5) is 0 Å². The van der Waals surface area contributed by atoms with E-state index in [9.17, 15) is 0 Å². The molecule has 0 aliphatic heterocycles. The largest absolute Gasteiger partial charge is 0.330 e. The van der Waals surface area contributed by atoms with Crippen LogP contribution in [-0.4, -0.2) is 21.7 Å². The smallest absolute Gasteiger partial charge is 0.153 e. The SMILES string of the molecule is CC1CCC(c2n[nH]c(CCCN)n2)CC1. The number of nitrogens with zero attached hydrogens (tertiary/aromatic N) is 2. The molecule has 0 bridgehead atoms. The lowest BCUT2D eigenvalue weighted by Crippen LogP contribution is -2.12. The minimum atomic E-state index is 0.582. The third-order valence-corrected chi connectivity index (χ3v) is 3.55. The van der Waals surface area contributed by atoms with Crippen molar-refractivity contribution >= 4 is 0 Å². The number of hydrogen-bond donors (Lipinski definition) is 2. The molecule has 1 saturated carbocycles. The molecule has 4 heteroatoms. The van der Waals surface area contributed by atoms with Crippen LogP contribution in [-0.2, 0) is 6.42 Å². The number of hydrogen-bond acceptors (Lipinski definition) is 3. The summed E-state index contributed by atoms with van der Waals surface area (Å²) >= 11 is 0. The Bertz CT molecular complexity index is 313. The first-order valence-corrected chi connectivity index (χ1v) is 6.41. The van der Waals surface area contributed by atoms with Crippen LogP contribution >= 0.6 is 0 Å². The zero-order valence-corrected chi connectivity index (χ0v) is 10.1. The van der Waals surface area contributed by atoms with Crippen LogP contribution in [0, 0.1) is 5.92 Å². The average molecular weight is 222 g/mol. The fourth-order valence-corrected chi connectivity index (χ4v) is 2.39. The lowest BCUT2D eigenvalue weighted by atomic mass is 9.83. The Balaban J connectivity index is 1.91. The molecule has 0 aromatic carbocycles. The summed E-state index contributed by atoms with van der Waals surface area (Å²) in [7, 11) is 0. The van der Waals surface area contributed by atoms with Crippen LogP contribution < -0.4 is 5.73 Å². The van der Waals surface area contributed by atoms with Gasteiger partial charge in [0.15, 0.2) is 5.82 Å². The van der Waals surface area contributed by atoms with Gasteiger partial charge in [0.05, 0.1) is 0 Å². The summed E-state index contributed by atoms with van der Waals surface area (Å²) in [6.45, 7) is 3.05. The summed E-state index contributed by atoms with van der Waals surface area (Å²) in [5, 5.41) is 7.37. The standard InChI is InChI=1S/C12H22N4/c1-9-4-6-10(7-5-9)12-14-11(15-16-12)3-2-8-13/h9-10H,2-8,13H2,1H3,(H,14,15,16). The highest BCUT2D eigenvalue weighted by atomic mass is 15.2. The first-order valence-electron chi connectivity index (χ1n) is 6.41. The van der Waals surface area contributed by atoms with Crippen molar-refractivity contribution in [2.24, 2.45) is 11.7 Å². The van der Waals surface area contributed by atoms with Gasteiger partial charge in [-0.05, 0) is 31.7 Å². The van der Waals surface area contributed by atoms with Crippen LogP contribution in [0.2, 0.25) is 0 Å². The molecule has 2 rings (SSSR count). The zero-order chi connectivity index (χ0) is 11.4. The van der Waals surface area contributed by atoms with Gasteiger partial charge in [-0.3, -0.25) is 5.10 Å². The number of nitrogens with two attached hydrogens (primary N) is 1. The third kappa shape index (κ3) is 2.82. The van der Waals surface area contributed by atoms with E-state index in [0.29, 0.717) is 5.92 Å². The molecule has 0 amide bonds. The van der Waals surface area contributed by atoms with Gasteiger partial charge < -0.3 is 5.73 Å². The van der Waals surface area contributed by atoms with Crippen molar-refractivity contribution in [2.45, 2.75) is 51.4 Å². The Labute approximate surface area is 97.0 Å². The van der Waals surface area contributed by atoms with Gasteiger partial charge in [-0.1, -0.05) is 19.8 Å². The summed E-state index contributed by atoms with van der Waals surface area (Å²) in [5.41, 5.74) is 5.48. The van der Waals surface area contributed by atoms with Crippen LogP contribution in [0.3, 0.4) is 0 Å². The average Bonchev–Trinajstić information content (AvgIpc) is 2.76. The molecule has 1 aliphatic rings. The second-order valence-corrected chi connectivity index (χ2v) is 4.99. The molecule has 0 spiro atoms. The molecule has 3 N–H and O–H groups in total. The summed E-state index contributed by atoms with van der Waals surface area (Å²) in [6, 6.07) is 0. The Kier molecular flexibility index (Phi) is 3.93. The molecule has 0 saturated heterocycles. The summed E-state index contributed by atoms with van der Waals surface area (Å²) in [5.74, 6) is 3.49. The number of H-pyrrole nitrogens is 1. The normalized spacial score (nSPS) is 25.9. The maximum atomic E-state index is 5.48. The van der Waals surface area contributed by atoms with E-state index >= 15 is 0 Å². The van der Waals surface area contributed by atoms with Gasteiger partial charge in [-0.15, -0.1) is 0 Å². The maximum absolute atomic E-state index is 5.48. The highest BCUT2D eigenvalue weighted by Gasteiger charge is 2.22. The Morgan fingerprint density at radius 1 is 1.31 bits per heavy atom. The predicted octanol–water partition coefficient (Wildman–Crippen LogP) is 1.99. The van der Waals surface area contributed by atoms with Crippen molar-refractivity contribution in [1.82, 2.24) is 15.2 Å². The molecule has 1 aromatic heterocycles. The van der Waals surface area contributed by atoms with Gasteiger partial charge in [0.25, 0.3) is 0 Å². The summed E-state index contributed by atoms with van der Waals surface area (Å²) in [4.78, 5) is 4.57. The van der Waals surface area contributed by atoms with Crippen molar-refractivity contribution in [3.05, 3.63) is 11.6 Å². The quantitative estimate of drug-likeness (QED) is 0.818. The van der Waals surface area contributed by atoms with E-state index in [-0.39, 0.29) is 0 Å². The highest BCUT2D eigenvalue weighted by Crippen LogP contribution is 2.33. The number of nitrogens with one attached hydrogen (secondary N) is 1. The number of aromatic amines is 1. The van der Waals surface area contributed by atoms with Gasteiger partial charge in [-0.25, -0.2) is 4.98 Å². The molecule has 1 fully saturated rings. The molecule has 1 heterocycles. The van der Waals surface area contributed by atoms with Crippen LogP contribution in [0.5, 0.6) is 0 Å². The van der Waals surface area contributed by atoms with Gasteiger partial charge in [0.1, 0.15) is 5.82 Å². The lowest BCUT2D eigenvalue weighted by Gasteiger charge is -2.23. The van der Waals surface area contributed by atoms with Crippen LogP contribution in [0.15, 0.2) is 0 Å². The summed E-state index contributed by atoms with van der Waals surface area (Å²) in [6.07, 6.45) is 7.03. The van der Waals surface area contributed by atoms with E-state index in [2.05, 4.69) is 22.1 Å². The first-order chi connectivity index (χ1) is 7.79. The number of aromatic nitrogens is 3. The molecule has 0 radical (unpaired) electrons. The first kappa shape index (κ1) is 11.6. The molecular weight excluding hydrogens is 200 g/mol. The van der Waals surface area contributed by atoms with Crippen molar-refractivity contribution in [1.29, 1.82) is 0 Å². The molecule has 1 aromatic rings. The molecule has 16 heavy (non-hydrogen) atoms. The van der Waals surface area contributed by atoms with Gasteiger partial charge in [-0.2, -0.15) is 5.10 Å². The van der Waals surface area contributed by atoms with Gasteiger partial charge >= 0.3 is 0 Å². The Morgan fingerprint density at radius 2 is 2.06 bits per heavy atom.